The molecule has 17 heavy (non-hydrogen) atoms. The molecule has 4 nitrogen and oxygen atoms in total. The second kappa shape index (κ2) is 4.18. The minimum Gasteiger partial charge on any atom is -0.340 e. The second-order valence-corrected chi connectivity index (χ2v) is 4.94. The van der Waals surface area contributed by atoms with Crippen LogP contribution < -0.4 is 5.32 Å². The van der Waals surface area contributed by atoms with Crippen LogP contribution in [-0.2, 0) is 0 Å². The van der Waals surface area contributed by atoms with Gasteiger partial charge in [-0.15, -0.1) is 0 Å². The quantitative estimate of drug-likeness (QED) is 0.850. The SMILES string of the molecule is CCN(C(=O)c1cccn1C1CC1)C1CNC1. The van der Waals surface area contributed by atoms with Crippen LogP contribution >= 0.6 is 0 Å². The minimum atomic E-state index is 0.191. The summed E-state index contributed by atoms with van der Waals surface area (Å²) in [6.07, 6.45) is 4.47. The predicted octanol–water partition coefficient (Wildman–Crippen LogP) is 1.26. The van der Waals surface area contributed by atoms with E-state index in [1.165, 1.54) is 12.8 Å². The Kier molecular flexibility index (Phi) is 2.67. The third kappa shape index (κ3) is 1.86. The van der Waals surface area contributed by atoms with Gasteiger partial charge in [0.25, 0.3) is 5.91 Å². The van der Waals surface area contributed by atoms with Crippen molar-refractivity contribution in [3.63, 3.8) is 0 Å². The molecule has 0 atom stereocenters. The molecule has 3 rings (SSSR count). The Morgan fingerprint density at radius 3 is 2.82 bits per heavy atom. The fourth-order valence-electron chi connectivity index (χ4n) is 2.45. The van der Waals surface area contributed by atoms with Crippen molar-refractivity contribution in [2.24, 2.45) is 0 Å². The van der Waals surface area contributed by atoms with Crippen LogP contribution in [0.2, 0.25) is 0 Å². The molecule has 1 aromatic heterocycles. The average Bonchev–Trinajstić information content (AvgIpc) is 3.00. The topological polar surface area (TPSA) is 37.3 Å². The highest BCUT2D eigenvalue weighted by Gasteiger charge is 2.32. The summed E-state index contributed by atoms with van der Waals surface area (Å²) in [6, 6.07) is 4.89. The summed E-state index contributed by atoms with van der Waals surface area (Å²) < 4.78 is 2.15. The number of aromatic nitrogens is 1. The average molecular weight is 233 g/mol. The Bertz CT molecular complexity index is 418. The van der Waals surface area contributed by atoms with Gasteiger partial charge in [0, 0.05) is 31.9 Å². The van der Waals surface area contributed by atoms with Gasteiger partial charge < -0.3 is 14.8 Å². The number of carbonyl (C=O) groups excluding carboxylic acids is 1. The monoisotopic (exact) mass is 233 g/mol. The van der Waals surface area contributed by atoms with Gasteiger partial charge in [0.15, 0.2) is 0 Å². The van der Waals surface area contributed by atoms with Gasteiger partial charge in [-0.2, -0.15) is 0 Å². The van der Waals surface area contributed by atoms with Gasteiger partial charge in [-0.1, -0.05) is 0 Å². The van der Waals surface area contributed by atoms with Gasteiger partial charge >= 0.3 is 0 Å². The molecule has 1 aromatic rings. The highest BCUT2D eigenvalue weighted by Crippen LogP contribution is 2.36. The lowest BCUT2D eigenvalue weighted by Crippen LogP contribution is -2.58. The zero-order valence-corrected chi connectivity index (χ0v) is 10.2. The van der Waals surface area contributed by atoms with Crippen LogP contribution in [0.15, 0.2) is 18.3 Å². The highest BCUT2D eigenvalue weighted by atomic mass is 16.2. The molecule has 2 heterocycles. The van der Waals surface area contributed by atoms with Crippen LogP contribution in [0.1, 0.15) is 36.3 Å². The molecule has 0 radical (unpaired) electrons. The van der Waals surface area contributed by atoms with E-state index in [0.717, 1.165) is 25.3 Å². The van der Waals surface area contributed by atoms with E-state index in [9.17, 15) is 4.79 Å². The Balaban J connectivity index is 1.81. The van der Waals surface area contributed by atoms with Crippen LogP contribution in [0.4, 0.5) is 0 Å². The van der Waals surface area contributed by atoms with E-state index in [1.54, 1.807) is 0 Å². The Morgan fingerprint density at radius 1 is 1.53 bits per heavy atom. The van der Waals surface area contributed by atoms with Gasteiger partial charge in [0.1, 0.15) is 5.69 Å². The summed E-state index contributed by atoms with van der Waals surface area (Å²) in [6.45, 7) is 4.72. The Hall–Kier alpha value is -1.29. The van der Waals surface area contributed by atoms with Crippen LogP contribution in [0.5, 0.6) is 0 Å². The number of amides is 1. The van der Waals surface area contributed by atoms with Gasteiger partial charge in [-0.25, -0.2) is 0 Å². The number of nitrogens with zero attached hydrogens (tertiary/aromatic N) is 2. The summed E-state index contributed by atoms with van der Waals surface area (Å²) >= 11 is 0. The molecule has 0 spiro atoms. The van der Waals surface area contributed by atoms with E-state index in [4.69, 9.17) is 0 Å². The van der Waals surface area contributed by atoms with E-state index >= 15 is 0 Å². The van der Waals surface area contributed by atoms with Crippen LogP contribution in [0.25, 0.3) is 0 Å². The van der Waals surface area contributed by atoms with Crippen molar-refractivity contribution in [3.05, 3.63) is 24.0 Å². The first-order valence-corrected chi connectivity index (χ1v) is 6.49. The molecule has 92 valence electrons. The third-order valence-corrected chi connectivity index (χ3v) is 3.74. The number of hydrogen-bond acceptors (Lipinski definition) is 2. The number of hydrogen-bond donors (Lipinski definition) is 1. The third-order valence-electron chi connectivity index (χ3n) is 3.74. The lowest BCUT2D eigenvalue weighted by molar-refractivity contribution is 0.0619. The number of carbonyl (C=O) groups is 1. The molecule has 1 N–H and O–H groups in total. The minimum absolute atomic E-state index is 0.191. The summed E-state index contributed by atoms with van der Waals surface area (Å²) in [4.78, 5) is 14.5. The maximum absolute atomic E-state index is 12.5. The zero-order chi connectivity index (χ0) is 11.8. The van der Waals surface area contributed by atoms with Gasteiger partial charge in [0.2, 0.25) is 0 Å². The molecule has 4 heteroatoms. The van der Waals surface area contributed by atoms with Crippen molar-refractivity contribution in [2.45, 2.75) is 31.8 Å². The van der Waals surface area contributed by atoms with Gasteiger partial charge in [-0.05, 0) is 31.9 Å². The molecule has 1 saturated carbocycles. The fraction of sp³-hybridized carbons (Fsp3) is 0.615. The first kappa shape index (κ1) is 10.8. The van der Waals surface area contributed by atoms with E-state index < -0.39 is 0 Å². The first-order chi connectivity index (χ1) is 8.31. The molecule has 1 aliphatic carbocycles. The zero-order valence-electron chi connectivity index (χ0n) is 10.2. The fourth-order valence-corrected chi connectivity index (χ4v) is 2.45. The predicted molar refractivity (Wildman–Crippen MR) is 66.1 cm³/mol. The standard InChI is InChI=1S/C13H19N3O/c1-2-15(11-8-14-9-11)13(17)12-4-3-7-16(12)10-5-6-10/h3-4,7,10-11,14H,2,5-6,8-9H2,1H3. The Labute approximate surface area is 102 Å². The molecule has 2 aliphatic rings. The van der Waals surface area contributed by atoms with E-state index in [2.05, 4.69) is 16.8 Å². The lowest BCUT2D eigenvalue weighted by Gasteiger charge is -2.37. The smallest absolute Gasteiger partial charge is 0.270 e. The maximum atomic E-state index is 12.5. The largest absolute Gasteiger partial charge is 0.340 e. The number of nitrogens with one attached hydrogen (secondary N) is 1. The van der Waals surface area contributed by atoms with E-state index in [0.29, 0.717) is 12.1 Å². The molecule has 1 aliphatic heterocycles. The van der Waals surface area contributed by atoms with Crippen molar-refractivity contribution in [2.75, 3.05) is 19.6 Å². The Morgan fingerprint density at radius 2 is 2.29 bits per heavy atom. The van der Waals surface area contributed by atoms with E-state index in [-0.39, 0.29) is 5.91 Å². The lowest BCUT2D eigenvalue weighted by atomic mass is 10.1. The normalized spacial score (nSPS) is 20.1. The highest BCUT2D eigenvalue weighted by molar-refractivity contribution is 5.93. The molecule has 1 saturated heterocycles. The molecule has 2 fully saturated rings. The molecular formula is C13H19N3O. The number of likely N-dealkylation sites (N-methyl/N-ethyl adjacent to an activating group) is 1. The van der Waals surface area contributed by atoms with Gasteiger partial charge in [-0.3, -0.25) is 4.79 Å². The molecule has 0 unspecified atom stereocenters. The van der Waals surface area contributed by atoms with Crippen LogP contribution in [0, 0.1) is 0 Å². The maximum Gasteiger partial charge on any atom is 0.270 e. The molecule has 0 aromatic carbocycles. The van der Waals surface area contributed by atoms with Crippen molar-refractivity contribution in [1.82, 2.24) is 14.8 Å². The van der Waals surface area contributed by atoms with Crippen molar-refractivity contribution in [3.8, 4) is 0 Å². The van der Waals surface area contributed by atoms with Crippen molar-refractivity contribution < 1.29 is 4.79 Å². The van der Waals surface area contributed by atoms with E-state index in [1.807, 2.05) is 23.2 Å². The summed E-state index contributed by atoms with van der Waals surface area (Å²) in [7, 11) is 0. The molecule has 0 bridgehead atoms. The summed E-state index contributed by atoms with van der Waals surface area (Å²) in [5.41, 5.74) is 0.862. The summed E-state index contributed by atoms with van der Waals surface area (Å²) in [5.74, 6) is 0.191. The second-order valence-electron chi connectivity index (χ2n) is 4.94. The molecular weight excluding hydrogens is 214 g/mol. The van der Waals surface area contributed by atoms with Gasteiger partial charge in [0.05, 0.1) is 6.04 Å². The number of rotatable bonds is 4. The van der Waals surface area contributed by atoms with Crippen LogP contribution in [0.3, 0.4) is 0 Å². The first-order valence-electron chi connectivity index (χ1n) is 6.49. The van der Waals surface area contributed by atoms with Crippen LogP contribution in [-0.4, -0.2) is 41.1 Å². The van der Waals surface area contributed by atoms with Crippen molar-refractivity contribution >= 4 is 5.91 Å². The molecule has 1 amide bonds. The van der Waals surface area contributed by atoms with Crippen molar-refractivity contribution in [1.29, 1.82) is 0 Å². The summed E-state index contributed by atoms with van der Waals surface area (Å²) in [5, 5.41) is 3.23.